The molecule has 1 amide bonds. The maximum Gasteiger partial charge on any atom is 0.262 e. The number of aromatic amines is 1. The largest absolute Gasteiger partial charge is 0.492 e. The zero-order chi connectivity index (χ0) is 19.4. The van der Waals surface area contributed by atoms with Gasteiger partial charge in [0.05, 0.1) is 17.4 Å². The first-order valence-corrected chi connectivity index (χ1v) is 9.15. The van der Waals surface area contributed by atoms with E-state index in [-0.39, 0.29) is 11.5 Å². The lowest BCUT2D eigenvalue weighted by Gasteiger charge is -2.09. The second kappa shape index (κ2) is 8.18. The number of nitrogens with zero attached hydrogens (tertiary/aromatic N) is 1. The summed E-state index contributed by atoms with van der Waals surface area (Å²) >= 11 is 5.21. The number of aromatic nitrogens is 2. The molecule has 2 aromatic carbocycles. The topological polar surface area (TPSA) is 76.1 Å². The first-order chi connectivity index (χ1) is 13.0. The molecule has 0 unspecified atom stereocenters. The average Bonchev–Trinajstić information content (AvgIpc) is 2.65. The summed E-state index contributed by atoms with van der Waals surface area (Å²) in [7, 11) is 0. The number of hydrogen-bond donors (Lipinski definition) is 2. The maximum atomic E-state index is 12.4. The number of fused-ring (bicyclic) bond motifs is 1. The number of carbonyl (C=O) groups is 1. The van der Waals surface area contributed by atoms with Gasteiger partial charge < -0.3 is 15.0 Å². The maximum absolute atomic E-state index is 12.4. The molecule has 140 valence electrons. The summed E-state index contributed by atoms with van der Waals surface area (Å²) in [5, 5.41) is 3.32. The molecule has 1 heterocycles. The average molecular weight is 383 g/mol. The van der Waals surface area contributed by atoms with Crippen LogP contribution in [-0.2, 0) is 6.54 Å². The fourth-order valence-electron chi connectivity index (χ4n) is 2.82. The number of aryl methyl sites for hydroxylation is 1. The van der Waals surface area contributed by atoms with Crippen molar-refractivity contribution in [3.63, 3.8) is 0 Å². The van der Waals surface area contributed by atoms with Gasteiger partial charge in [0.15, 0.2) is 4.77 Å². The van der Waals surface area contributed by atoms with Crippen LogP contribution in [-0.4, -0.2) is 28.6 Å². The van der Waals surface area contributed by atoms with E-state index in [1.165, 1.54) is 4.57 Å². The van der Waals surface area contributed by atoms with Gasteiger partial charge in [0.1, 0.15) is 12.4 Å². The molecule has 0 saturated heterocycles. The van der Waals surface area contributed by atoms with E-state index in [2.05, 4.69) is 10.3 Å². The minimum atomic E-state index is -0.233. The molecule has 7 heteroatoms. The van der Waals surface area contributed by atoms with Crippen LogP contribution in [0.4, 0.5) is 0 Å². The van der Waals surface area contributed by atoms with Gasteiger partial charge in [-0.15, -0.1) is 0 Å². The van der Waals surface area contributed by atoms with Gasteiger partial charge in [0.2, 0.25) is 0 Å². The second-order valence-electron chi connectivity index (χ2n) is 6.16. The predicted molar refractivity (Wildman–Crippen MR) is 108 cm³/mol. The Labute approximate surface area is 161 Å². The molecule has 27 heavy (non-hydrogen) atoms. The zero-order valence-corrected chi connectivity index (χ0v) is 16.1. The number of H-pyrrole nitrogens is 1. The SMILES string of the molecule is CCn1c(=S)[nH]c2cc(C(=O)NCCOc3cccc(C)c3)ccc2c1=O. The first kappa shape index (κ1) is 18.8. The molecule has 3 rings (SSSR count). The van der Waals surface area contributed by atoms with E-state index in [4.69, 9.17) is 17.0 Å². The fourth-order valence-corrected chi connectivity index (χ4v) is 3.15. The van der Waals surface area contributed by atoms with E-state index >= 15 is 0 Å². The molecule has 0 bridgehead atoms. The van der Waals surface area contributed by atoms with Crippen LogP contribution >= 0.6 is 12.2 Å². The van der Waals surface area contributed by atoms with Crippen molar-refractivity contribution in [3.05, 3.63) is 68.7 Å². The van der Waals surface area contributed by atoms with Crippen LogP contribution in [0, 0.1) is 11.7 Å². The Kier molecular flexibility index (Phi) is 5.71. The highest BCUT2D eigenvalue weighted by Crippen LogP contribution is 2.12. The quantitative estimate of drug-likeness (QED) is 0.506. The number of carbonyl (C=O) groups excluding carboxylic acids is 1. The molecule has 6 nitrogen and oxygen atoms in total. The van der Waals surface area contributed by atoms with Gasteiger partial charge in [0, 0.05) is 12.1 Å². The van der Waals surface area contributed by atoms with E-state index in [0.29, 0.717) is 40.9 Å². The van der Waals surface area contributed by atoms with Gasteiger partial charge in [-0.3, -0.25) is 14.2 Å². The first-order valence-electron chi connectivity index (χ1n) is 8.74. The second-order valence-corrected chi connectivity index (χ2v) is 6.55. The number of amides is 1. The molecule has 0 spiro atoms. The Balaban J connectivity index is 1.67. The fraction of sp³-hybridized carbons (Fsp3) is 0.250. The standard InChI is InChI=1S/C20H21N3O3S/c1-3-23-19(25)16-8-7-14(12-17(16)22-20(23)27)18(24)21-9-10-26-15-6-4-5-13(2)11-15/h4-8,11-12H,3,9-10H2,1-2H3,(H,21,24)(H,22,27). The van der Waals surface area contributed by atoms with E-state index in [0.717, 1.165) is 11.3 Å². The predicted octanol–water partition coefficient (Wildman–Crippen LogP) is 3.20. The van der Waals surface area contributed by atoms with Crippen molar-refractivity contribution in [1.82, 2.24) is 14.9 Å². The lowest BCUT2D eigenvalue weighted by Crippen LogP contribution is -2.28. The molecule has 0 fully saturated rings. The lowest BCUT2D eigenvalue weighted by atomic mass is 10.1. The van der Waals surface area contributed by atoms with Gasteiger partial charge in [-0.25, -0.2) is 0 Å². The van der Waals surface area contributed by atoms with Crippen molar-refractivity contribution in [3.8, 4) is 5.75 Å². The van der Waals surface area contributed by atoms with Crippen molar-refractivity contribution < 1.29 is 9.53 Å². The number of rotatable bonds is 6. The highest BCUT2D eigenvalue weighted by molar-refractivity contribution is 7.71. The van der Waals surface area contributed by atoms with Crippen LogP contribution in [0.1, 0.15) is 22.8 Å². The Morgan fingerprint density at radius 3 is 2.81 bits per heavy atom. The summed E-state index contributed by atoms with van der Waals surface area (Å²) in [6.07, 6.45) is 0. The van der Waals surface area contributed by atoms with Crippen LogP contribution in [0.25, 0.3) is 10.9 Å². The molecule has 0 saturated carbocycles. The zero-order valence-electron chi connectivity index (χ0n) is 15.2. The minimum absolute atomic E-state index is 0.158. The van der Waals surface area contributed by atoms with Crippen LogP contribution in [0.3, 0.4) is 0 Å². The molecular weight excluding hydrogens is 362 g/mol. The molecule has 0 atom stereocenters. The summed E-state index contributed by atoms with van der Waals surface area (Å²) < 4.78 is 7.45. The summed E-state index contributed by atoms with van der Waals surface area (Å²) in [5.41, 5.74) is 1.97. The van der Waals surface area contributed by atoms with Crippen LogP contribution in [0.15, 0.2) is 47.3 Å². The smallest absolute Gasteiger partial charge is 0.262 e. The van der Waals surface area contributed by atoms with Crippen molar-refractivity contribution in [2.45, 2.75) is 20.4 Å². The monoisotopic (exact) mass is 383 g/mol. The molecule has 3 aromatic rings. The van der Waals surface area contributed by atoms with Gasteiger partial charge in [0.25, 0.3) is 11.5 Å². The van der Waals surface area contributed by atoms with E-state index < -0.39 is 0 Å². The van der Waals surface area contributed by atoms with Gasteiger partial charge in [-0.1, -0.05) is 12.1 Å². The lowest BCUT2D eigenvalue weighted by molar-refractivity contribution is 0.0947. The third-order valence-electron chi connectivity index (χ3n) is 4.21. The molecule has 0 aliphatic heterocycles. The van der Waals surface area contributed by atoms with Gasteiger partial charge >= 0.3 is 0 Å². The van der Waals surface area contributed by atoms with E-state index in [1.54, 1.807) is 18.2 Å². The summed E-state index contributed by atoms with van der Waals surface area (Å²) in [6.45, 7) is 5.09. The molecule has 1 aromatic heterocycles. The third kappa shape index (κ3) is 4.25. The molecule has 0 aliphatic carbocycles. The summed E-state index contributed by atoms with van der Waals surface area (Å²) in [4.78, 5) is 27.8. The van der Waals surface area contributed by atoms with Crippen molar-refractivity contribution in [1.29, 1.82) is 0 Å². The van der Waals surface area contributed by atoms with Crippen LogP contribution in [0.5, 0.6) is 5.75 Å². The van der Waals surface area contributed by atoms with Gasteiger partial charge in [-0.2, -0.15) is 0 Å². The molecular formula is C20H21N3O3S. The Hall–Kier alpha value is -2.93. The number of hydrogen-bond acceptors (Lipinski definition) is 4. The summed E-state index contributed by atoms with van der Waals surface area (Å²) in [5.74, 6) is 0.540. The van der Waals surface area contributed by atoms with Crippen molar-refractivity contribution in [2.24, 2.45) is 0 Å². The van der Waals surface area contributed by atoms with Crippen LogP contribution < -0.4 is 15.6 Å². The third-order valence-corrected chi connectivity index (χ3v) is 4.53. The molecule has 0 radical (unpaired) electrons. The highest BCUT2D eigenvalue weighted by Gasteiger charge is 2.09. The van der Waals surface area contributed by atoms with Gasteiger partial charge in [-0.05, 0) is 62.0 Å². The Bertz CT molecular complexity index is 1100. The number of ether oxygens (including phenoxy) is 1. The highest BCUT2D eigenvalue weighted by atomic mass is 32.1. The van der Waals surface area contributed by atoms with Crippen molar-refractivity contribution >= 4 is 29.0 Å². The van der Waals surface area contributed by atoms with Crippen LogP contribution in [0.2, 0.25) is 0 Å². The summed E-state index contributed by atoms with van der Waals surface area (Å²) in [6, 6.07) is 12.7. The Morgan fingerprint density at radius 1 is 1.26 bits per heavy atom. The van der Waals surface area contributed by atoms with Crippen molar-refractivity contribution in [2.75, 3.05) is 13.2 Å². The minimum Gasteiger partial charge on any atom is -0.492 e. The molecule has 2 N–H and O–H groups in total. The molecule has 0 aliphatic rings. The van der Waals surface area contributed by atoms with E-state index in [9.17, 15) is 9.59 Å². The normalized spacial score (nSPS) is 10.7. The number of nitrogens with one attached hydrogen (secondary N) is 2. The number of benzene rings is 2. The Morgan fingerprint density at radius 2 is 2.07 bits per heavy atom. The van der Waals surface area contributed by atoms with E-state index in [1.807, 2.05) is 38.1 Å².